The molecule has 10 heteroatoms. The van der Waals surface area contributed by atoms with Crippen molar-refractivity contribution >= 4 is 79.7 Å². The number of methoxy groups -OCH3 is 1. The van der Waals surface area contributed by atoms with Crippen LogP contribution in [0.1, 0.15) is 11.1 Å². The van der Waals surface area contributed by atoms with E-state index in [1.54, 1.807) is 48.5 Å². The summed E-state index contributed by atoms with van der Waals surface area (Å²) in [5, 5.41) is 2.86. The van der Waals surface area contributed by atoms with Crippen LogP contribution in [-0.4, -0.2) is 25.0 Å². The maximum atomic E-state index is 13.1. The third-order valence-corrected chi connectivity index (χ3v) is 6.57. The van der Waals surface area contributed by atoms with Gasteiger partial charge in [-0.2, -0.15) is 0 Å². The number of hydrogen-bond acceptors (Lipinski definition) is 5. The topological polar surface area (TPSA) is 84.9 Å². The van der Waals surface area contributed by atoms with Crippen LogP contribution in [0.4, 0.5) is 10.5 Å². The zero-order valence-electron chi connectivity index (χ0n) is 18.2. The molecule has 0 bridgehead atoms. The lowest BCUT2D eigenvalue weighted by molar-refractivity contribution is -0.122. The van der Waals surface area contributed by atoms with Crippen LogP contribution >= 0.6 is 50.1 Å². The Kier molecular flexibility index (Phi) is 7.78. The molecule has 4 amide bonds. The molecule has 0 aromatic heterocycles. The van der Waals surface area contributed by atoms with Gasteiger partial charge in [0.1, 0.15) is 12.2 Å². The molecule has 0 radical (unpaired) electrons. The van der Waals surface area contributed by atoms with E-state index >= 15 is 0 Å². The summed E-state index contributed by atoms with van der Waals surface area (Å²) in [5.74, 6) is -0.547. The molecule has 0 aliphatic carbocycles. The zero-order valence-corrected chi connectivity index (χ0v) is 22.7. The van der Waals surface area contributed by atoms with E-state index in [2.05, 4.69) is 43.8 Å². The summed E-state index contributed by atoms with van der Waals surface area (Å²) in [4.78, 5) is 39.0. The number of urea groups is 1. The molecule has 35 heavy (non-hydrogen) atoms. The average Bonchev–Trinajstić information content (AvgIpc) is 2.82. The van der Waals surface area contributed by atoms with Crippen molar-refractivity contribution in [2.75, 3.05) is 12.0 Å². The fourth-order valence-corrected chi connectivity index (χ4v) is 4.67. The zero-order chi connectivity index (χ0) is 25.1. The maximum absolute atomic E-state index is 13.1. The minimum atomic E-state index is -0.812. The molecule has 0 saturated carbocycles. The Morgan fingerprint density at radius 2 is 1.83 bits per heavy atom. The van der Waals surface area contributed by atoms with Gasteiger partial charge in [-0.1, -0.05) is 45.7 Å². The van der Waals surface area contributed by atoms with Crippen LogP contribution in [0.2, 0.25) is 5.02 Å². The lowest BCUT2D eigenvalue weighted by Crippen LogP contribution is -2.54. The number of hydrogen-bond donors (Lipinski definition) is 1. The summed E-state index contributed by atoms with van der Waals surface area (Å²) in [5.41, 5.74) is 1.61. The molecule has 1 saturated heterocycles. The molecule has 4 rings (SSSR count). The maximum Gasteiger partial charge on any atom is 0.335 e. The predicted octanol–water partition coefficient (Wildman–Crippen LogP) is 5.96. The van der Waals surface area contributed by atoms with Crippen molar-refractivity contribution in [2.24, 2.45) is 0 Å². The Bertz CT molecular complexity index is 1360. The minimum Gasteiger partial charge on any atom is -0.493 e. The van der Waals surface area contributed by atoms with Gasteiger partial charge >= 0.3 is 6.03 Å². The van der Waals surface area contributed by atoms with Gasteiger partial charge in [-0.25, -0.2) is 9.69 Å². The number of nitrogens with one attached hydrogen (secondary N) is 1. The standard InChI is InChI=1S/C25H17BrClIN2O5/c1-34-21-11-15(10-20(28)22(21)35-13-14-5-7-17(27)8-6-14)9-19-23(31)29-25(33)30(24(19)32)18-4-2-3-16(26)12-18/h2-12H,13H2,1H3,(H,29,31,33)/b19-9-. The van der Waals surface area contributed by atoms with Crippen LogP contribution in [-0.2, 0) is 16.2 Å². The summed E-state index contributed by atoms with van der Waals surface area (Å²) >= 11 is 11.4. The van der Waals surface area contributed by atoms with E-state index in [1.165, 1.54) is 13.2 Å². The number of carbonyl (C=O) groups excluding carboxylic acids is 3. The molecule has 1 fully saturated rings. The average molecular weight is 668 g/mol. The first kappa shape index (κ1) is 25.2. The van der Waals surface area contributed by atoms with E-state index in [1.807, 2.05) is 12.1 Å². The SMILES string of the molecule is COc1cc(/C=C2/C(=O)NC(=O)N(c3cccc(Br)c3)C2=O)cc(I)c1OCc1ccc(Cl)cc1. The highest BCUT2D eigenvalue weighted by atomic mass is 127. The van der Waals surface area contributed by atoms with Crippen molar-refractivity contribution in [1.29, 1.82) is 0 Å². The van der Waals surface area contributed by atoms with Crippen LogP contribution in [0.3, 0.4) is 0 Å². The van der Waals surface area contributed by atoms with Crippen molar-refractivity contribution < 1.29 is 23.9 Å². The van der Waals surface area contributed by atoms with Crippen molar-refractivity contribution in [3.05, 3.63) is 90.4 Å². The first-order valence-corrected chi connectivity index (χ1v) is 12.4. The predicted molar refractivity (Wildman–Crippen MR) is 145 cm³/mol. The largest absolute Gasteiger partial charge is 0.493 e. The van der Waals surface area contributed by atoms with Crippen molar-refractivity contribution in [2.45, 2.75) is 6.61 Å². The van der Waals surface area contributed by atoms with E-state index in [4.69, 9.17) is 21.1 Å². The summed E-state index contributed by atoms with van der Waals surface area (Å²) in [7, 11) is 1.50. The molecular formula is C25H17BrClIN2O5. The molecule has 7 nitrogen and oxygen atoms in total. The van der Waals surface area contributed by atoms with Gasteiger partial charge in [-0.05, 0) is 82.3 Å². The first-order chi connectivity index (χ1) is 16.8. The van der Waals surface area contributed by atoms with Gasteiger partial charge in [0.2, 0.25) is 0 Å². The first-order valence-electron chi connectivity index (χ1n) is 10.2. The summed E-state index contributed by atoms with van der Waals surface area (Å²) in [6.07, 6.45) is 1.42. The van der Waals surface area contributed by atoms with Crippen LogP contribution in [0.5, 0.6) is 11.5 Å². The number of anilines is 1. The third-order valence-electron chi connectivity index (χ3n) is 5.03. The van der Waals surface area contributed by atoms with Gasteiger partial charge in [-0.15, -0.1) is 0 Å². The van der Waals surface area contributed by atoms with Gasteiger partial charge < -0.3 is 9.47 Å². The third kappa shape index (κ3) is 5.68. The van der Waals surface area contributed by atoms with E-state index in [0.717, 1.165) is 10.5 Å². The lowest BCUT2D eigenvalue weighted by atomic mass is 10.1. The quantitative estimate of drug-likeness (QED) is 0.199. The summed E-state index contributed by atoms with van der Waals surface area (Å²) in [6.45, 7) is 0.300. The molecule has 1 N–H and O–H groups in total. The van der Waals surface area contributed by atoms with E-state index < -0.39 is 17.8 Å². The van der Waals surface area contributed by atoms with Gasteiger partial charge in [-0.3, -0.25) is 14.9 Å². The minimum absolute atomic E-state index is 0.183. The van der Waals surface area contributed by atoms with Crippen molar-refractivity contribution in [3.63, 3.8) is 0 Å². The number of amides is 4. The van der Waals surface area contributed by atoms with Gasteiger partial charge in [0.25, 0.3) is 11.8 Å². The van der Waals surface area contributed by atoms with Crippen LogP contribution in [0.25, 0.3) is 6.08 Å². The smallest absolute Gasteiger partial charge is 0.335 e. The van der Waals surface area contributed by atoms with Crippen LogP contribution < -0.4 is 19.7 Å². The van der Waals surface area contributed by atoms with Crippen LogP contribution in [0.15, 0.2) is 70.7 Å². The Hall–Kier alpha value is -2.89. The monoisotopic (exact) mass is 666 g/mol. The molecular weight excluding hydrogens is 651 g/mol. The lowest BCUT2D eigenvalue weighted by Gasteiger charge is -2.26. The Labute approximate surface area is 228 Å². The molecule has 0 spiro atoms. The second-order valence-corrected chi connectivity index (χ2v) is 9.90. The molecule has 1 aliphatic rings. The van der Waals surface area contributed by atoms with E-state index in [-0.39, 0.29) is 5.57 Å². The highest BCUT2D eigenvalue weighted by Crippen LogP contribution is 2.35. The van der Waals surface area contributed by atoms with Gasteiger partial charge in [0.05, 0.1) is 16.4 Å². The second-order valence-electron chi connectivity index (χ2n) is 7.39. The summed E-state index contributed by atoms with van der Waals surface area (Å²) in [6, 6.07) is 16.6. The fourth-order valence-electron chi connectivity index (χ4n) is 3.37. The van der Waals surface area contributed by atoms with Gasteiger partial charge in [0.15, 0.2) is 11.5 Å². The number of carbonyl (C=O) groups is 3. The molecule has 178 valence electrons. The van der Waals surface area contributed by atoms with Crippen molar-refractivity contribution in [1.82, 2.24) is 5.32 Å². The second kappa shape index (κ2) is 10.8. The molecule has 0 atom stereocenters. The number of rotatable bonds is 6. The Morgan fingerprint density at radius 3 is 2.51 bits per heavy atom. The van der Waals surface area contributed by atoms with Crippen LogP contribution in [0, 0.1) is 3.57 Å². The number of halogens is 3. The Morgan fingerprint density at radius 1 is 1.09 bits per heavy atom. The number of nitrogens with zero attached hydrogens (tertiary/aromatic N) is 1. The van der Waals surface area contributed by atoms with E-state index in [9.17, 15) is 14.4 Å². The molecule has 1 heterocycles. The number of ether oxygens (including phenoxy) is 2. The highest BCUT2D eigenvalue weighted by molar-refractivity contribution is 14.1. The van der Waals surface area contributed by atoms with E-state index in [0.29, 0.717) is 42.4 Å². The molecule has 3 aromatic rings. The van der Waals surface area contributed by atoms with Gasteiger partial charge in [0, 0.05) is 9.50 Å². The normalized spacial score (nSPS) is 14.8. The van der Waals surface area contributed by atoms with Crippen molar-refractivity contribution in [3.8, 4) is 11.5 Å². The molecule has 1 aliphatic heterocycles. The molecule has 0 unspecified atom stereocenters. The summed E-state index contributed by atoms with van der Waals surface area (Å²) < 4.78 is 12.9. The number of benzene rings is 3. The highest BCUT2D eigenvalue weighted by Gasteiger charge is 2.37. The molecule has 3 aromatic carbocycles. The Balaban J connectivity index is 1.64. The fraction of sp³-hybridized carbons (Fsp3) is 0.0800. The number of imide groups is 2. The number of barbiturate groups is 1.